The fourth-order valence-electron chi connectivity index (χ4n) is 1.45. The lowest BCUT2D eigenvalue weighted by Gasteiger charge is -2.29. The summed E-state index contributed by atoms with van der Waals surface area (Å²) in [5.74, 6) is 1.73. The highest BCUT2D eigenvalue weighted by Gasteiger charge is 2.28. The lowest BCUT2D eigenvalue weighted by atomic mass is 10.7. The van der Waals surface area contributed by atoms with Crippen molar-refractivity contribution in [1.29, 1.82) is 0 Å². The Morgan fingerprint density at radius 2 is 1.00 bits per heavy atom. The summed E-state index contributed by atoms with van der Waals surface area (Å²) in [6.45, 7) is 4.41. The summed E-state index contributed by atoms with van der Waals surface area (Å²) in [6.07, 6.45) is 0. The fourth-order valence-corrected chi connectivity index (χ4v) is 12.0. The number of hydrogen-bond acceptors (Lipinski definition) is 8. The van der Waals surface area contributed by atoms with E-state index in [2.05, 4.69) is 13.1 Å². The van der Waals surface area contributed by atoms with E-state index in [0.29, 0.717) is 0 Å². The second kappa shape index (κ2) is 12.1. The Bertz CT molecular complexity index is 203. The van der Waals surface area contributed by atoms with E-state index < -0.39 is 0 Å². The van der Waals surface area contributed by atoms with Crippen LogP contribution in [-0.2, 0) is 18.9 Å². The monoisotopic (exact) mass is 394 g/mol. The summed E-state index contributed by atoms with van der Waals surface area (Å²) in [4.78, 5) is 0. The summed E-state index contributed by atoms with van der Waals surface area (Å²) in [6, 6.07) is 0. The molecule has 0 aliphatic rings. The first-order valence-corrected chi connectivity index (χ1v) is 15.8. The molecule has 10 heteroatoms. The normalized spacial score (nSPS) is 14.1. The van der Waals surface area contributed by atoms with Gasteiger partial charge >= 0.3 is 0 Å². The van der Waals surface area contributed by atoms with Crippen molar-refractivity contribution in [2.45, 2.75) is 23.9 Å². The first-order chi connectivity index (χ1) is 9.57. The number of methoxy groups -OCH3 is 4. The molecule has 0 radical (unpaired) electrons. The maximum atomic E-state index is 5.50. The average Bonchev–Trinajstić information content (AvgIpc) is 2.52. The van der Waals surface area contributed by atoms with Gasteiger partial charge in [0.15, 0.2) is 10.8 Å². The smallest absolute Gasteiger partial charge is 0.153 e. The summed E-state index contributed by atoms with van der Waals surface area (Å²) in [5.41, 5.74) is -0.663. The van der Waals surface area contributed by atoms with Gasteiger partial charge < -0.3 is 18.9 Å². The van der Waals surface area contributed by atoms with Crippen molar-refractivity contribution in [3.8, 4) is 0 Å². The standard InChI is InChI=1S/C10H26O4S4Si2/c1-11-9(12-2,19-5)7-15-17-18-16-8-10(13-3,14-4)20-6/h7-8,19-20H2,1-6H3. The molecule has 0 bridgehead atoms. The van der Waals surface area contributed by atoms with Crippen LogP contribution in [0.5, 0.6) is 0 Å². The molecule has 0 aromatic carbocycles. The minimum atomic E-state index is -0.381. The van der Waals surface area contributed by atoms with Crippen LogP contribution in [0.4, 0.5) is 0 Å². The van der Waals surface area contributed by atoms with Gasteiger partial charge in [-0.2, -0.15) is 0 Å². The van der Waals surface area contributed by atoms with Crippen molar-refractivity contribution in [3.63, 3.8) is 0 Å². The molecule has 0 aliphatic heterocycles. The van der Waals surface area contributed by atoms with Gasteiger partial charge in [-0.3, -0.25) is 0 Å². The van der Waals surface area contributed by atoms with Crippen LogP contribution in [0.2, 0.25) is 13.1 Å². The Labute approximate surface area is 142 Å². The number of rotatable bonds is 13. The molecule has 0 aromatic rings. The molecule has 0 rings (SSSR count). The predicted molar refractivity (Wildman–Crippen MR) is 102 cm³/mol. The van der Waals surface area contributed by atoms with Crippen molar-refractivity contribution in [2.24, 2.45) is 0 Å². The summed E-state index contributed by atoms with van der Waals surface area (Å²) in [5, 5.41) is 0. The van der Waals surface area contributed by atoms with E-state index in [1.54, 1.807) is 69.7 Å². The van der Waals surface area contributed by atoms with Gasteiger partial charge in [-0.15, -0.1) is 0 Å². The van der Waals surface area contributed by atoms with Gasteiger partial charge in [-0.25, -0.2) is 0 Å². The van der Waals surface area contributed by atoms with E-state index in [0.717, 1.165) is 11.5 Å². The maximum absolute atomic E-state index is 5.50. The highest BCUT2D eigenvalue weighted by Crippen LogP contribution is 2.45. The zero-order valence-corrected chi connectivity index (χ0v) is 19.2. The van der Waals surface area contributed by atoms with Gasteiger partial charge in [0.05, 0.1) is 30.5 Å². The van der Waals surface area contributed by atoms with E-state index in [1.165, 1.54) is 0 Å². The van der Waals surface area contributed by atoms with Crippen LogP contribution in [0.3, 0.4) is 0 Å². The minimum Gasteiger partial charge on any atom is -0.357 e. The van der Waals surface area contributed by atoms with E-state index in [9.17, 15) is 0 Å². The molecule has 0 heterocycles. The van der Waals surface area contributed by atoms with E-state index >= 15 is 0 Å². The molecule has 0 unspecified atom stereocenters. The highest BCUT2D eigenvalue weighted by atomic mass is 33.7. The van der Waals surface area contributed by atoms with Crippen molar-refractivity contribution in [1.82, 2.24) is 0 Å². The predicted octanol–water partition coefficient (Wildman–Crippen LogP) is 1.99. The Balaban J connectivity index is 3.87. The Hall–Kier alpha value is 1.67. The molecule has 0 spiro atoms. The molecule has 0 atom stereocenters. The third kappa shape index (κ3) is 7.29. The van der Waals surface area contributed by atoms with Crippen LogP contribution in [0, 0.1) is 0 Å². The van der Waals surface area contributed by atoms with Crippen LogP contribution < -0.4 is 0 Å². The summed E-state index contributed by atoms with van der Waals surface area (Å²) >= 11 is 0. The first kappa shape index (κ1) is 21.7. The molecule has 0 saturated heterocycles. The molecule has 4 nitrogen and oxygen atoms in total. The molecule has 0 saturated carbocycles. The summed E-state index contributed by atoms with van der Waals surface area (Å²) in [7, 11) is 13.2. The van der Waals surface area contributed by atoms with Gasteiger partial charge in [0, 0.05) is 28.4 Å². The molecule has 0 aliphatic carbocycles. The van der Waals surface area contributed by atoms with Gasteiger partial charge in [-0.1, -0.05) is 34.7 Å². The van der Waals surface area contributed by atoms with Gasteiger partial charge in [0.25, 0.3) is 0 Å². The lowest BCUT2D eigenvalue weighted by Crippen LogP contribution is -2.41. The quantitative estimate of drug-likeness (QED) is 0.203. The van der Waals surface area contributed by atoms with Crippen molar-refractivity contribution in [2.75, 3.05) is 39.9 Å². The zero-order chi connectivity index (χ0) is 15.5. The van der Waals surface area contributed by atoms with Crippen LogP contribution in [0.15, 0.2) is 0 Å². The molecule has 122 valence electrons. The van der Waals surface area contributed by atoms with Crippen molar-refractivity contribution >= 4 is 60.3 Å². The third-order valence-electron chi connectivity index (χ3n) is 3.25. The van der Waals surface area contributed by atoms with Crippen LogP contribution in [-0.4, -0.2) is 69.8 Å². The van der Waals surface area contributed by atoms with Crippen LogP contribution >= 0.6 is 41.2 Å². The topological polar surface area (TPSA) is 36.9 Å². The minimum absolute atomic E-state index is 0.331. The second-order valence-corrected chi connectivity index (χ2v) is 13.6. The van der Waals surface area contributed by atoms with Crippen molar-refractivity contribution < 1.29 is 18.9 Å². The third-order valence-corrected chi connectivity index (χ3v) is 14.3. The van der Waals surface area contributed by atoms with Gasteiger partial charge in [0.2, 0.25) is 0 Å². The van der Waals surface area contributed by atoms with E-state index in [-0.39, 0.29) is 29.9 Å². The highest BCUT2D eigenvalue weighted by molar-refractivity contribution is 9.26. The Kier molecular flexibility index (Phi) is 13.2. The van der Waals surface area contributed by atoms with Crippen LogP contribution in [0.25, 0.3) is 0 Å². The maximum Gasteiger partial charge on any atom is 0.153 e. The number of ether oxygens (including phenoxy) is 4. The molecule has 0 N–H and O–H groups in total. The molecule has 0 amide bonds. The Morgan fingerprint density at radius 1 is 0.700 bits per heavy atom. The molecule has 0 fully saturated rings. The first-order valence-electron chi connectivity index (χ1n) is 6.36. The molecular weight excluding hydrogens is 369 g/mol. The molecule has 0 aromatic heterocycles. The summed E-state index contributed by atoms with van der Waals surface area (Å²) < 4.78 is 22.0. The second-order valence-electron chi connectivity index (χ2n) is 4.01. The SMILES string of the molecule is COC(CSSSSCC(OC)(OC)[SiH2]C)(OC)[SiH2]C. The van der Waals surface area contributed by atoms with Crippen molar-refractivity contribution in [3.05, 3.63) is 0 Å². The Morgan fingerprint density at radius 3 is 1.20 bits per heavy atom. The van der Waals surface area contributed by atoms with E-state index in [4.69, 9.17) is 18.9 Å². The zero-order valence-electron chi connectivity index (χ0n) is 13.1. The lowest BCUT2D eigenvalue weighted by molar-refractivity contribution is -0.126. The fraction of sp³-hybridized carbons (Fsp3) is 1.00. The average molecular weight is 395 g/mol. The molecular formula is C10H26O4S4Si2. The largest absolute Gasteiger partial charge is 0.357 e. The van der Waals surface area contributed by atoms with Gasteiger partial charge in [0.1, 0.15) is 0 Å². The number of hydrogen-bond donors (Lipinski definition) is 0. The van der Waals surface area contributed by atoms with E-state index in [1.807, 2.05) is 0 Å². The van der Waals surface area contributed by atoms with Gasteiger partial charge in [-0.05, 0) is 19.7 Å². The molecule has 20 heavy (non-hydrogen) atoms. The van der Waals surface area contributed by atoms with Crippen LogP contribution in [0.1, 0.15) is 0 Å².